The lowest BCUT2D eigenvalue weighted by Crippen LogP contribution is -2.31. The number of H-pyrrole nitrogens is 1. The molecule has 1 aliphatic heterocycles. The van der Waals surface area contributed by atoms with Gasteiger partial charge >= 0.3 is 0 Å². The third-order valence-corrected chi connectivity index (χ3v) is 2.68. The molecule has 12 heavy (non-hydrogen) atoms. The number of aromatic nitrogens is 1. The molecule has 2 heteroatoms. The van der Waals surface area contributed by atoms with Crippen LogP contribution in [0.4, 0.5) is 0 Å². The van der Waals surface area contributed by atoms with E-state index in [9.17, 15) is 0 Å². The van der Waals surface area contributed by atoms with Gasteiger partial charge in [0.1, 0.15) is 0 Å². The van der Waals surface area contributed by atoms with Crippen molar-refractivity contribution in [3.63, 3.8) is 0 Å². The smallest absolute Gasteiger partial charge is 0.0198 e. The molecule has 0 aromatic carbocycles. The molecule has 0 atom stereocenters. The van der Waals surface area contributed by atoms with Gasteiger partial charge in [0.05, 0.1) is 0 Å². The van der Waals surface area contributed by atoms with Crippen molar-refractivity contribution in [3.8, 4) is 0 Å². The minimum Gasteiger partial charge on any atom is -0.365 e. The van der Waals surface area contributed by atoms with E-state index >= 15 is 0 Å². The van der Waals surface area contributed by atoms with Crippen molar-refractivity contribution in [3.05, 3.63) is 23.5 Å². The summed E-state index contributed by atoms with van der Waals surface area (Å²) >= 11 is 0. The van der Waals surface area contributed by atoms with Crippen LogP contribution in [0.15, 0.2) is 12.3 Å². The minimum absolute atomic E-state index is 0.284. The van der Waals surface area contributed by atoms with Gasteiger partial charge < -0.3 is 10.3 Å². The second-order valence-electron chi connectivity index (χ2n) is 4.18. The molecule has 0 saturated heterocycles. The molecule has 1 aliphatic rings. The summed E-state index contributed by atoms with van der Waals surface area (Å²) in [4.78, 5) is 3.31. The fourth-order valence-corrected chi connectivity index (χ4v) is 1.95. The predicted molar refractivity (Wildman–Crippen MR) is 50.4 cm³/mol. The van der Waals surface area contributed by atoms with Gasteiger partial charge in [-0.15, -0.1) is 0 Å². The summed E-state index contributed by atoms with van der Waals surface area (Å²) in [5, 5.41) is 3.45. The Labute approximate surface area is 73.4 Å². The Morgan fingerprint density at radius 2 is 2.25 bits per heavy atom. The van der Waals surface area contributed by atoms with Gasteiger partial charge in [0, 0.05) is 36.8 Å². The molecule has 0 bridgehead atoms. The first kappa shape index (κ1) is 7.87. The highest BCUT2D eigenvalue weighted by molar-refractivity contribution is 5.30. The third-order valence-electron chi connectivity index (χ3n) is 2.68. The number of fused-ring (bicyclic) bond motifs is 1. The molecule has 0 unspecified atom stereocenters. The zero-order valence-corrected chi connectivity index (χ0v) is 7.78. The lowest BCUT2D eigenvalue weighted by Gasteiger charge is -2.22. The van der Waals surface area contributed by atoms with Gasteiger partial charge in [-0.1, -0.05) is 13.8 Å². The molecule has 0 amide bonds. The van der Waals surface area contributed by atoms with Gasteiger partial charge in [-0.3, -0.25) is 0 Å². The van der Waals surface area contributed by atoms with Crippen molar-refractivity contribution in [1.29, 1.82) is 0 Å². The van der Waals surface area contributed by atoms with Crippen molar-refractivity contribution >= 4 is 0 Å². The van der Waals surface area contributed by atoms with Crippen molar-refractivity contribution < 1.29 is 0 Å². The summed E-state index contributed by atoms with van der Waals surface area (Å²) < 4.78 is 0. The van der Waals surface area contributed by atoms with Crippen molar-refractivity contribution in [2.45, 2.75) is 25.7 Å². The Morgan fingerprint density at radius 1 is 1.42 bits per heavy atom. The Hall–Kier alpha value is -0.760. The second kappa shape index (κ2) is 2.63. The predicted octanol–water partition coefficient (Wildman–Crippen LogP) is 1.44. The van der Waals surface area contributed by atoms with Gasteiger partial charge in [-0.05, 0) is 11.6 Å². The van der Waals surface area contributed by atoms with E-state index in [1.165, 1.54) is 11.3 Å². The van der Waals surface area contributed by atoms with Crippen LogP contribution in [-0.4, -0.2) is 18.1 Å². The average molecular weight is 164 g/mol. The molecule has 2 N–H and O–H groups in total. The van der Waals surface area contributed by atoms with Crippen molar-refractivity contribution in [1.82, 2.24) is 10.3 Å². The topological polar surface area (TPSA) is 27.8 Å². The van der Waals surface area contributed by atoms with Gasteiger partial charge in [0.25, 0.3) is 0 Å². The first-order valence-corrected chi connectivity index (χ1v) is 4.57. The average Bonchev–Trinajstić information content (AvgIpc) is 2.42. The largest absolute Gasteiger partial charge is 0.365 e. The van der Waals surface area contributed by atoms with Crippen LogP contribution >= 0.6 is 0 Å². The SMILES string of the molecule is CC1(C)CNCCc2[nH]ccc21. The summed E-state index contributed by atoms with van der Waals surface area (Å²) in [6.07, 6.45) is 3.18. The molecular formula is C10H16N2. The summed E-state index contributed by atoms with van der Waals surface area (Å²) in [6.45, 7) is 6.75. The number of aromatic amines is 1. The molecule has 0 aliphatic carbocycles. The van der Waals surface area contributed by atoms with E-state index in [0.29, 0.717) is 0 Å². The Bertz CT molecular complexity index is 273. The van der Waals surface area contributed by atoms with E-state index in [4.69, 9.17) is 0 Å². The highest BCUT2D eigenvalue weighted by Crippen LogP contribution is 2.27. The normalized spacial score (nSPS) is 21.5. The van der Waals surface area contributed by atoms with E-state index in [1.54, 1.807) is 0 Å². The number of nitrogens with one attached hydrogen (secondary N) is 2. The fraction of sp³-hybridized carbons (Fsp3) is 0.600. The van der Waals surface area contributed by atoms with Crippen LogP contribution < -0.4 is 5.32 Å². The van der Waals surface area contributed by atoms with Gasteiger partial charge in [0.2, 0.25) is 0 Å². The summed E-state index contributed by atoms with van der Waals surface area (Å²) in [6, 6.07) is 2.21. The second-order valence-corrected chi connectivity index (χ2v) is 4.18. The van der Waals surface area contributed by atoms with Crippen LogP contribution in [-0.2, 0) is 11.8 Å². The lowest BCUT2D eigenvalue weighted by molar-refractivity contribution is 0.489. The Morgan fingerprint density at radius 3 is 3.08 bits per heavy atom. The van der Waals surface area contributed by atoms with E-state index < -0.39 is 0 Å². The summed E-state index contributed by atoms with van der Waals surface area (Å²) in [5.74, 6) is 0. The molecule has 1 aromatic rings. The fourth-order valence-electron chi connectivity index (χ4n) is 1.95. The maximum absolute atomic E-state index is 3.45. The standard InChI is InChI=1S/C10H16N2/c1-10(2)7-11-5-4-9-8(10)3-6-12-9/h3,6,11-12H,4-5,7H2,1-2H3. The molecule has 2 heterocycles. The van der Waals surface area contributed by atoms with E-state index in [-0.39, 0.29) is 5.41 Å². The van der Waals surface area contributed by atoms with Crippen LogP contribution in [0.5, 0.6) is 0 Å². The first-order valence-electron chi connectivity index (χ1n) is 4.57. The number of hydrogen-bond acceptors (Lipinski definition) is 1. The molecule has 0 fully saturated rings. The molecule has 2 rings (SSSR count). The van der Waals surface area contributed by atoms with Crippen LogP contribution in [0.3, 0.4) is 0 Å². The minimum atomic E-state index is 0.284. The van der Waals surface area contributed by atoms with E-state index in [2.05, 4.69) is 36.4 Å². The molecular weight excluding hydrogens is 148 g/mol. The highest BCUT2D eigenvalue weighted by atomic mass is 14.9. The highest BCUT2D eigenvalue weighted by Gasteiger charge is 2.25. The zero-order valence-electron chi connectivity index (χ0n) is 7.78. The first-order chi connectivity index (χ1) is 5.70. The molecule has 0 saturated carbocycles. The van der Waals surface area contributed by atoms with Gasteiger partial charge in [-0.2, -0.15) is 0 Å². The Kier molecular flexibility index (Phi) is 1.72. The van der Waals surface area contributed by atoms with Gasteiger partial charge in [0.15, 0.2) is 0 Å². The number of hydrogen-bond donors (Lipinski definition) is 2. The number of rotatable bonds is 0. The summed E-state index contributed by atoms with van der Waals surface area (Å²) in [7, 11) is 0. The van der Waals surface area contributed by atoms with Gasteiger partial charge in [-0.25, -0.2) is 0 Å². The lowest BCUT2D eigenvalue weighted by atomic mass is 9.85. The molecule has 66 valence electrons. The monoisotopic (exact) mass is 164 g/mol. The quantitative estimate of drug-likeness (QED) is 0.596. The molecule has 0 spiro atoms. The van der Waals surface area contributed by atoms with Crippen LogP contribution in [0, 0.1) is 0 Å². The van der Waals surface area contributed by atoms with Crippen molar-refractivity contribution in [2.24, 2.45) is 0 Å². The van der Waals surface area contributed by atoms with Crippen LogP contribution in [0.1, 0.15) is 25.1 Å². The summed E-state index contributed by atoms with van der Waals surface area (Å²) in [5.41, 5.74) is 3.17. The maximum atomic E-state index is 3.45. The molecule has 2 nitrogen and oxygen atoms in total. The van der Waals surface area contributed by atoms with E-state index in [0.717, 1.165) is 19.5 Å². The van der Waals surface area contributed by atoms with Crippen LogP contribution in [0.2, 0.25) is 0 Å². The van der Waals surface area contributed by atoms with E-state index in [1.807, 2.05) is 0 Å². The Balaban J connectivity index is 2.43. The van der Waals surface area contributed by atoms with Crippen molar-refractivity contribution in [2.75, 3.05) is 13.1 Å². The zero-order chi connectivity index (χ0) is 8.60. The molecule has 1 aromatic heterocycles. The maximum Gasteiger partial charge on any atom is 0.0198 e. The third kappa shape index (κ3) is 1.16. The van der Waals surface area contributed by atoms with Crippen LogP contribution in [0.25, 0.3) is 0 Å². The molecule has 0 radical (unpaired) electrons.